The number of hydrogen-bond donors (Lipinski definition) is 1. The van der Waals surface area contributed by atoms with E-state index in [1.54, 1.807) is 11.3 Å². The highest BCUT2D eigenvalue weighted by molar-refractivity contribution is 7.09. The minimum atomic E-state index is 0.0469. The van der Waals surface area contributed by atoms with Crippen molar-refractivity contribution in [2.24, 2.45) is 0 Å². The molecule has 0 saturated heterocycles. The van der Waals surface area contributed by atoms with Gasteiger partial charge >= 0.3 is 0 Å². The van der Waals surface area contributed by atoms with Gasteiger partial charge in [-0.05, 0) is 60.2 Å². The second-order valence-corrected chi connectivity index (χ2v) is 8.56. The molecule has 0 unspecified atom stereocenters. The predicted octanol–water partition coefficient (Wildman–Crippen LogP) is 4.62. The third-order valence-corrected chi connectivity index (χ3v) is 6.29. The Morgan fingerprint density at radius 1 is 1.03 bits per heavy atom. The number of aryl methyl sites for hydroxylation is 1. The summed E-state index contributed by atoms with van der Waals surface area (Å²) in [4.78, 5) is 13.7. The maximum Gasteiger partial charge on any atom is 0.231 e. The molecule has 6 nitrogen and oxygen atoms in total. The molecule has 0 radical (unpaired) electrons. The van der Waals surface area contributed by atoms with E-state index in [2.05, 4.69) is 16.8 Å². The summed E-state index contributed by atoms with van der Waals surface area (Å²) >= 11 is 1.71. The highest BCUT2D eigenvalue weighted by Crippen LogP contribution is 2.36. The maximum atomic E-state index is 12.5. The van der Waals surface area contributed by atoms with E-state index in [4.69, 9.17) is 14.6 Å². The first-order valence-corrected chi connectivity index (χ1v) is 11.5. The van der Waals surface area contributed by atoms with Crippen LogP contribution in [-0.4, -0.2) is 29.0 Å². The van der Waals surface area contributed by atoms with Gasteiger partial charge in [0.1, 0.15) is 0 Å². The Kier molecular flexibility index (Phi) is 5.89. The summed E-state index contributed by atoms with van der Waals surface area (Å²) in [7, 11) is 0. The fraction of sp³-hybridized carbons (Fsp3) is 0.200. The number of amides is 1. The maximum absolute atomic E-state index is 12.5. The van der Waals surface area contributed by atoms with E-state index >= 15 is 0 Å². The van der Waals surface area contributed by atoms with E-state index in [-0.39, 0.29) is 12.7 Å². The number of thiophene rings is 1. The van der Waals surface area contributed by atoms with Gasteiger partial charge in [0.2, 0.25) is 12.7 Å². The number of fused-ring (bicyclic) bond motifs is 1. The van der Waals surface area contributed by atoms with Crippen molar-refractivity contribution in [1.82, 2.24) is 15.1 Å². The number of benzene rings is 2. The molecule has 0 bridgehead atoms. The zero-order chi connectivity index (χ0) is 21.8. The number of rotatable bonds is 8. The van der Waals surface area contributed by atoms with E-state index in [0.29, 0.717) is 25.1 Å². The lowest BCUT2D eigenvalue weighted by molar-refractivity contribution is -0.121. The smallest absolute Gasteiger partial charge is 0.231 e. The number of nitrogens with one attached hydrogen (secondary N) is 1. The second kappa shape index (κ2) is 9.28. The van der Waals surface area contributed by atoms with Gasteiger partial charge in [-0.3, -0.25) is 4.79 Å². The number of hydrogen-bond acceptors (Lipinski definition) is 5. The minimum absolute atomic E-state index is 0.0469. The molecule has 162 valence electrons. The molecule has 5 rings (SSSR count). The Morgan fingerprint density at radius 2 is 1.91 bits per heavy atom. The van der Waals surface area contributed by atoms with E-state index in [1.165, 1.54) is 4.88 Å². The molecule has 0 atom stereocenters. The van der Waals surface area contributed by atoms with Gasteiger partial charge < -0.3 is 14.8 Å². The number of nitrogens with zero attached hydrogens (tertiary/aromatic N) is 2. The summed E-state index contributed by atoms with van der Waals surface area (Å²) in [6.07, 6.45) is 3.87. The molecule has 0 saturated carbocycles. The summed E-state index contributed by atoms with van der Waals surface area (Å²) in [5.74, 6) is 1.50. The molecule has 1 N–H and O–H groups in total. The third kappa shape index (κ3) is 4.53. The number of aromatic nitrogens is 2. The van der Waals surface area contributed by atoms with Crippen LogP contribution in [0.15, 0.2) is 72.2 Å². The van der Waals surface area contributed by atoms with Gasteiger partial charge in [0.15, 0.2) is 11.5 Å². The summed E-state index contributed by atoms with van der Waals surface area (Å²) in [5.41, 5.74) is 3.78. The van der Waals surface area contributed by atoms with Gasteiger partial charge in [0, 0.05) is 29.6 Å². The van der Waals surface area contributed by atoms with Crippen molar-refractivity contribution in [2.75, 3.05) is 13.3 Å². The molecule has 0 aliphatic carbocycles. The SMILES string of the molecule is O=C(CCc1cn(-c2ccccc2)nc1-c1ccc2c(c1)OCO2)NCCc1cccs1. The number of carbonyl (C=O) groups excluding carboxylic acids is 1. The van der Waals surface area contributed by atoms with Crippen LogP contribution in [0.4, 0.5) is 0 Å². The first-order valence-electron chi connectivity index (χ1n) is 10.6. The summed E-state index contributed by atoms with van der Waals surface area (Å²) in [5, 5.41) is 9.92. The summed E-state index contributed by atoms with van der Waals surface area (Å²) < 4.78 is 12.8. The Morgan fingerprint density at radius 3 is 2.75 bits per heavy atom. The van der Waals surface area contributed by atoms with E-state index in [1.807, 2.05) is 65.5 Å². The van der Waals surface area contributed by atoms with Crippen LogP contribution in [0, 0.1) is 0 Å². The van der Waals surface area contributed by atoms with Gasteiger partial charge in [0.25, 0.3) is 0 Å². The average Bonchev–Trinajstić information content (AvgIpc) is 3.58. The lowest BCUT2D eigenvalue weighted by atomic mass is 10.0. The molecule has 0 fully saturated rings. The van der Waals surface area contributed by atoms with Crippen LogP contribution in [0.3, 0.4) is 0 Å². The van der Waals surface area contributed by atoms with Crippen molar-refractivity contribution in [3.05, 3.63) is 82.7 Å². The molecule has 4 aromatic rings. The second-order valence-electron chi connectivity index (χ2n) is 7.53. The van der Waals surface area contributed by atoms with Crippen molar-refractivity contribution in [2.45, 2.75) is 19.3 Å². The van der Waals surface area contributed by atoms with Crippen LogP contribution in [0.25, 0.3) is 16.9 Å². The van der Waals surface area contributed by atoms with Gasteiger partial charge in [-0.15, -0.1) is 11.3 Å². The van der Waals surface area contributed by atoms with Crippen molar-refractivity contribution < 1.29 is 14.3 Å². The van der Waals surface area contributed by atoms with Crippen molar-refractivity contribution in [1.29, 1.82) is 0 Å². The quantitative estimate of drug-likeness (QED) is 0.430. The van der Waals surface area contributed by atoms with Gasteiger partial charge in [-0.25, -0.2) is 4.68 Å². The topological polar surface area (TPSA) is 65.4 Å². The molecular weight excluding hydrogens is 422 g/mol. The third-order valence-electron chi connectivity index (χ3n) is 5.35. The normalized spacial score (nSPS) is 12.1. The predicted molar refractivity (Wildman–Crippen MR) is 124 cm³/mol. The van der Waals surface area contributed by atoms with Crippen LogP contribution in [-0.2, 0) is 17.6 Å². The van der Waals surface area contributed by atoms with Crippen molar-refractivity contribution in [3.8, 4) is 28.4 Å². The molecule has 2 aromatic carbocycles. The number of para-hydroxylation sites is 1. The van der Waals surface area contributed by atoms with Crippen LogP contribution >= 0.6 is 11.3 Å². The molecule has 1 amide bonds. The highest BCUT2D eigenvalue weighted by atomic mass is 32.1. The zero-order valence-electron chi connectivity index (χ0n) is 17.5. The summed E-state index contributed by atoms with van der Waals surface area (Å²) in [6, 6.07) is 19.9. The molecule has 0 spiro atoms. The van der Waals surface area contributed by atoms with Gasteiger partial charge in [-0.1, -0.05) is 24.3 Å². The molecule has 32 heavy (non-hydrogen) atoms. The standard InChI is InChI=1S/C25H23N3O3S/c29-24(26-13-12-21-7-4-14-32-21)11-9-19-16-28(20-5-2-1-3-6-20)27-25(19)18-8-10-22-23(15-18)31-17-30-22/h1-8,10,14-16H,9,11-13,17H2,(H,26,29). The molecule has 2 aromatic heterocycles. The summed E-state index contributed by atoms with van der Waals surface area (Å²) in [6.45, 7) is 0.882. The Labute approximate surface area is 190 Å². The first-order chi connectivity index (χ1) is 15.8. The Balaban J connectivity index is 1.33. The molecule has 1 aliphatic heterocycles. The minimum Gasteiger partial charge on any atom is -0.454 e. The van der Waals surface area contributed by atoms with Crippen LogP contribution in [0.1, 0.15) is 16.9 Å². The lowest BCUT2D eigenvalue weighted by Crippen LogP contribution is -2.25. The largest absolute Gasteiger partial charge is 0.454 e. The Bertz CT molecular complexity index is 1200. The average molecular weight is 446 g/mol. The van der Waals surface area contributed by atoms with E-state index in [0.717, 1.165) is 34.7 Å². The van der Waals surface area contributed by atoms with Crippen LogP contribution < -0.4 is 14.8 Å². The fourth-order valence-electron chi connectivity index (χ4n) is 3.71. The van der Waals surface area contributed by atoms with Crippen LogP contribution in [0.5, 0.6) is 11.5 Å². The van der Waals surface area contributed by atoms with E-state index < -0.39 is 0 Å². The van der Waals surface area contributed by atoms with Gasteiger partial charge in [0.05, 0.1) is 11.4 Å². The highest BCUT2D eigenvalue weighted by Gasteiger charge is 2.18. The van der Waals surface area contributed by atoms with Gasteiger partial charge in [-0.2, -0.15) is 5.10 Å². The molecule has 3 heterocycles. The molecule has 1 aliphatic rings. The van der Waals surface area contributed by atoms with Crippen LogP contribution in [0.2, 0.25) is 0 Å². The fourth-order valence-corrected chi connectivity index (χ4v) is 4.42. The number of ether oxygens (including phenoxy) is 2. The molecular formula is C25H23N3O3S. The van der Waals surface area contributed by atoms with Crippen molar-refractivity contribution >= 4 is 17.2 Å². The lowest BCUT2D eigenvalue weighted by Gasteiger charge is -2.06. The number of carbonyl (C=O) groups is 1. The monoisotopic (exact) mass is 445 g/mol. The zero-order valence-corrected chi connectivity index (χ0v) is 18.3. The van der Waals surface area contributed by atoms with Crippen molar-refractivity contribution in [3.63, 3.8) is 0 Å². The first kappa shape index (κ1) is 20.3. The molecule has 7 heteroatoms. The Hall–Kier alpha value is -3.58. The van der Waals surface area contributed by atoms with E-state index in [9.17, 15) is 4.79 Å².